The van der Waals surface area contributed by atoms with Gasteiger partial charge < -0.3 is 19.7 Å². The van der Waals surface area contributed by atoms with Gasteiger partial charge in [0, 0.05) is 13.1 Å². The van der Waals surface area contributed by atoms with E-state index in [4.69, 9.17) is 21.7 Å². The monoisotopic (exact) mass is 399 g/mol. The Labute approximate surface area is 170 Å². The third-order valence-corrected chi connectivity index (χ3v) is 4.81. The van der Waals surface area contributed by atoms with Crippen LogP contribution in [0.3, 0.4) is 0 Å². The van der Waals surface area contributed by atoms with Crippen LogP contribution in [0.1, 0.15) is 11.1 Å². The Kier molecular flexibility index (Phi) is 6.84. The van der Waals surface area contributed by atoms with E-state index in [1.807, 2.05) is 56.3 Å². The highest BCUT2D eigenvalue weighted by molar-refractivity contribution is 7.80. The van der Waals surface area contributed by atoms with Crippen molar-refractivity contribution < 1.29 is 14.3 Å². The molecule has 1 heterocycles. The predicted molar refractivity (Wildman–Crippen MR) is 115 cm³/mol. The number of aryl methyl sites for hydroxylation is 2. The summed E-state index contributed by atoms with van der Waals surface area (Å²) in [5, 5.41) is 6.03. The normalized spacial score (nSPS) is 13.7. The Hall–Kier alpha value is -2.64. The van der Waals surface area contributed by atoms with Crippen LogP contribution in [0.5, 0.6) is 5.75 Å². The molecule has 1 aliphatic rings. The molecule has 2 aromatic carbocycles. The lowest BCUT2D eigenvalue weighted by Crippen LogP contribution is -2.39. The highest BCUT2D eigenvalue weighted by atomic mass is 32.1. The minimum atomic E-state index is -0.306. The van der Waals surface area contributed by atoms with E-state index in [9.17, 15) is 4.79 Å². The number of nitrogens with zero attached hydrogens (tertiary/aromatic N) is 1. The molecule has 0 bridgehead atoms. The molecule has 7 heteroatoms. The molecular weight excluding hydrogens is 374 g/mol. The number of para-hydroxylation sites is 2. The molecule has 0 spiro atoms. The van der Waals surface area contributed by atoms with Crippen molar-refractivity contribution in [1.82, 2.24) is 5.32 Å². The lowest BCUT2D eigenvalue weighted by molar-refractivity contribution is -0.121. The van der Waals surface area contributed by atoms with Crippen LogP contribution in [-0.2, 0) is 9.53 Å². The zero-order chi connectivity index (χ0) is 19.9. The van der Waals surface area contributed by atoms with Gasteiger partial charge in [-0.25, -0.2) is 0 Å². The molecule has 1 aliphatic heterocycles. The van der Waals surface area contributed by atoms with Crippen molar-refractivity contribution in [3.8, 4) is 5.75 Å². The summed E-state index contributed by atoms with van der Waals surface area (Å²) in [4.78, 5) is 14.4. The minimum absolute atomic E-state index is 0.102. The first-order chi connectivity index (χ1) is 13.5. The Morgan fingerprint density at radius 1 is 1.14 bits per heavy atom. The van der Waals surface area contributed by atoms with Crippen molar-refractivity contribution >= 4 is 34.6 Å². The average Bonchev–Trinajstić information content (AvgIpc) is 2.70. The molecule has 1 saturated heterocycles. The number of thiocarbonyl (C=S) groups is 1. The number of ether oxygens (including phenoxy) is 2. The number of hydrogen-bond donors (Lipinski definition) is 2. The van der Waals surface area contributed by atoms with Crippen LogP contribution in [0.25, 0.3) is 0 Å². The standard InChI is InChI=1S/C21H25N3O3S/c1-15-7-8-17(13-16(15)2)27-14-20(25)23-21(28)22-18-5-3-4-6-19(18)24-9-11-26-12-10-24/h3-8,13H,9-12,14H2,1-2H3,(H2,22,23,25,28). The summed E-state index contributed by atoms with van der Waals surface area (Å²) in [6, 6.07) is 13.6. The predicted octanol–water partition coefficient (Wildman–Crippen LogP) is 3.03. The van der Waals surface area contributed by atoms with E-state index in [1.165, 1.54) is 5.56 Å². The van der Waals surface area contributed by atoms with Crippen LogP contribution in [-0.4, -0.2) is 43.9 Å². The number of anilines is 2. The smallest absolute Gasteiger partial charge is 0.264 e. The zero-order valence-electron chi connectivity index (χ0n) is 16.2. The van der Waals surface area contributed by atoms with Crippen molar-refractivity contribution in [3.63, 3.8) is 0 Å². The van der Waals surface area contributed by atoms with Gasteiger partial charge in [-0.1, -0.05) is 18.2 Å². The number of carbonyl (C=O) groups excluding carboxylic acids is 1. The van der Waals surface area contributed by atoms with Crippen molar-refractivity contribution in [2.45, 2.75) is 13.8 Å². The number of rotatable bonds is 5. The van der Waals surface area contributed by atoms with Gasteiger partial charge in [-0.15, -0.1) is 0 Å². The highest BCUT2D eigenvalue weighted by Gasteiger charge is 2.15. The average molecular weight is 400 g/mol. The molecule has 6 nitrogen and oxygen atoms in total. The number of carbonyl (C=O) groups is 1. The first kappa shape index (κ1) is 20.1. The van der Waals surface area contributed by atoms with Crippen molar-refractivity contribution in [1.29, 1.82) is 0 Å². The second-order valence-corrected chi connectivity index (χ2v) is 7.06. The maximum Gasteiger partial charge on any atom is 0.264 e. The van der Waals surface area contributed by atoms with Crippen LogP contribution in [0.4, 0.5) is 11.4 Å². The summed E-state index contributed by atoms with van der Waals surface area (Å²) in [7, 11) is 0. The van der Waals surface area contributed by atoms with Gasteiger partial charge >= 0.3 is 0 Å². The Morgan fingerprint density at radius 3 is 2.64 bits per heavy atom. The SMILES string of the molecule is Cc1ccc(OCC(=O)NC(=S)Nc2ccccc2N2CCOCC2)cc1C. The van der Waals surface area contributed by atoms with Gasteiger partial charge in [-0.05, 0) is 61.5 Å². The first-order valence-electron chi connectivity index (χ1n) is 9.25. The number of hydrogen-bond acceptors (Lipinski definition) is 5. The van der Waals surface area contributed by atoms with Gasteiger partial charge in [0.2, 0.25) is 0 Å². The molecule has 2 N–H and O–H groups in total. The Bertz CT molecular complexity index is 851. The van der Waals surface area contributed by atoms with Crippen LogP contribution in [0.2, 0.25) is 0 Å². The molecule has 148 valence electrons. The van der Waals surface area contributed by atoms with Crippen LogP contribution >= 0.6 is 12.2 Å². The molecule has 1 amide bonds. The van der Waals surface area contributed by atoms with E-state index in [-0.39, 0.29) is 17.6 Å². The second kappa shape index (κ2) is 9.52. The summed E-state index contributed by atoms with van der Waals surface area (Å²) < 4.78 is 11.0. The lowest BCUT2D eigenvalue weighted by atomic mass is 10.1. The third kappa shape index (κ3) is 5.43. The van der Waals surface area contributed by atoms with Crippen LogP contribution < -0.4 is 20.3 Å². The molecule has 3 rings (SSSR count). The van der Waals surface area contributed by atoms with Gasteiger partial charge in [0.25, 0.3) is 5.91 Å². The number of benzene rings is 2. The summed E-state index contributed by atoms with van der Waals surface area (Å²) in [5.41, 5.74) is 4.19. The summed E-state index contributed by atoms with van der Waals surface area (Å²) in [6.07, 6.45) is 0. The van der Waals surface area contributed by atoms with Crippen LogP contribution in [0.15, 0.2) is 42.5 Å². The third-order valence-electron chi connectivity index (χ3n) is 4.61. The van der Waals surface area contributed by atoms with Gasteiger partial charge in [-0.2, -0.15) is 0 Å². The van der Waals surface area contributed by atoms with Crippen LogP contribution in [0, 0.1) is 13.8 Å². The van der Waals surface area contributed by atoms with E-state index < -0.39 is 0 Å². The molecule has 0 radical (unpaired) electrons. The molecule has 0 unspecified atom stereocenters. The quantitative estimate of drug-likeness (QED) is 0.754. The second-order valence-electron chi connectivity index (χ2n) is 6.65. The maximum atomic E-state index is 12.2. The highest BCUT2D eigenvalue weighted by Crippen LogP contribution is 2.26. The number of nitrogens with one attached hydrogen (secondary N) is 2. The summed E-state index contributed by atoms with van der Waals surface area (Å²) in [5.74, 6) is 0.356. The topological polar surface area (TPSA) is 62.8 Å². The summed E-state index contributed by atoms with van der Waals surface area (Å²) in [6.45, 7) is 6.98. The molecule has 0 atom stereocenters. The first-order valence-corrected chi connectivity index (χ1v) is 9.66. The molecule has 0 aliphatic carbocycles. The largest absolute Gasteiger partial charge is 0.484 e. The molecule has 0 saturated carbocycles. The summed E-state index contributed by atoms with van der Waals surface area (Å²) >= 11 is 5.30. The molecule has 0 aromatic heterocycles. The fraction of sp³-hybridized carbons (Fsp3) is 0.333. The van der Waals surface area contributed by atoms with Crippen molar-refractivity contribution in [2.24, 2.45) is 0 Å². The Balaban J connectivity index is 1.53. The fourth-order valence-corrected chi connectivity index (χ4v) is 3.15. The number of amides is 1. The lowest BCUT2D eigenvalue weighted by Gasteiger charge is -2.30. The van der Waals surface area contributed by atoms with Gasteiger partial charge in [0.1, 0.15) is 5.75 Å². The van der Waals surface area contributed by atoms with E-state index in [2.05, 4.69) is 15.5 Å². The molecule has 1 fully saturated rings. The number of morpholine rings is 1. The van der Waals surface area contributed by atoms with E-state index in [1.54, 1.807) is 0 Å². The van der Waals surface area contributed by atoms with Gasteiger partial charge in [0.15, 0.2) is 11.7 Å². The zero-order valence-corrected chi connectivity index (χ0v) is 17.0. The minimum Gasteiger partial charge on any atom is -0.484 e. The maximum absolute atomic E-state index is 12.2. The molecular formula is C21H25N3O3S. The van der Waals surface area contributed by atoms with E-state index >= 15 is 0 Å². The van der Waals surface area contributed by atoms with E-state index in [0.29, 0.717) is 19.0 Å². The fourth-order valence-electron chi connectivity index (χ4n) is 2.93. The van der Waals surface area contributed by atoms with E-state index in [0.717, 1.165) is 30.0 Å². The molecule has 2 aromatic rings. The van der Waals surface area contributed by atoms with Gasteiger partial charge in [-0.3, -0.25) is 10.1 Å². The van der Waals surface area contributed by atoms with Crippen molar-refractivity contribution in [2.75, 3.05) is 43.1 Å². The van der Waals surface area contributed by atoms with Gasteiger partial charge in [0.05, 0.1) is 24.6 Å². The van der Waals surface area contributed by atoms with Crippen molar-refractivity contribution in [3.05, 3.63) is 53.6 Å². The Morgan fingerprint density at radius 2 is 1.89 bits per heavy atom. The molecule has 28 heavy (non-hydrogen) atoms.